The molecule has 0 aliphatic carbocycles. The maximum Gasteiger partial charge on any atom is 0.317 e. The van der Waals surface area contributed by atoms with Gasteiger partial charge in [0.25, 0.3) is 0 Å². The molecule has 1 aliphatic heterocycles. The normalized spacial score (nSPS) is 15.5. The number of fused-ring (bicyclic) bond motifs is 1. The molecular formula is C10H12N2O4S. The third-order valence-corrected chi connectivity index (χ3v) is 3.67. The fraction of sp³-hybridized carbons (Fsp3) is 0.500. The second-order valence-electron chi connectivity index (χ2n) is 3.90. The molecular weight excluding hydrogens is 244 g/mol. The molecule has 2 N–H and O–H groups in total. The second kappa shape index (κ2) is 4.80. The Balaban J connectivity index is 2.07. The van der Waals surface area contributed by atoms with Crippen molar-refractivity contribution in [1.82, 2.24) is 9.88 Å². The summed E-state index contributed by atoms with van der Waals surface area (Å²) in [4.78, 5) is 28.3. The van der Waals surface area contributed by atoms with E-state index in [1.165, 1.54) is 11.3 Å². The summed E-state index contributed by atoms with van der Waals surface area (Å²) in [6.07, 6.45) is 0.691. The molecule has 0 radical (unpaired) electrons. The van der Waals surface area contributed by atoms with E-state index in [1.807, 2.05) is 0 Å². The number of hydrogen-bond donors (Lipinski definition) is 2. The molecule has 0 fully saturated rings. The number of carbonyl (C=O) groups is 2. The second-order valence-corrected chi connectivity index (χ2v) is 5.07. The molecule has 92 valence electrons. The van der Waals surface area contributed by atoms with E-state index in [0.717, 1.165) is 17.0 Å². The predicted molar refractivity (Wildman–Crippen MR) is 60.1 cm³/mol. The number of rotatable bonds is 4. The van der Waals surface area contributed by atoms with Gasteiger partial charge in [0.15, 0.2) is 0 Å². The molecule has 0 spiro atoms. The van der Waals surface area contributed by atoms with Gasteiger partial charge in [0.1, 0.15) is 5.01 Å². The Hall–Kier alpha value is -1.47. The van der Waals surface area contributed by atoms with Gasteiger partial charge in [-0.05, 0) is 6.42 Å². The Kier molecular flexibility index (Phi) is 3.39. The van der Waals surface area contributed by atoms with Gasteiger partial charge in [-0.15, -0.1) is 11.3 Å². The van der Waals surface area contributed by atoms with Gasteiger partial charge in [-0.3, -0.25) is 14.5 Å². The van der Waals surface area contributed by atoms with Crippen LogP contribution in [-0.4, -0.2) is 45.1 Å². The zero-order chi connectivity index (χ0) is 12.4. The van der Waals surface area contributed by atoms with E-state index >= 15 is 0 Å². The first-order chi connectivity index (χ1) is 8.04. The van der Waals surface area contributed by atoms with Gasteiger partial charge in [0, 0.05) is 18.0 Å². The van der Waals surface area contributed by atoms with Gasteiger partial charge >= 0.3 is 11.9 Å². The number of aliphatic carboxylic acids is 2. The maximum atomic E-state index is 10.6. The summed E-state index contributed by atoms with van der Waals surface area (Å²) in [7, 11) is 0. The lowest BCUT2D eigenvalue weighted by molar-refractivity contribution is -0.138. The zero-order valence-electron chi connectivity index (χ0n) is 9.05. The van der Waals surface area contributed by atoms with Crippen molar-refractivity contribution in [1.29, 1.82) is 0 Å². The summed E-state index contributed by atoms with van der Waals surface area (Å²) in [5, 5.41) is 18.0. The first-order valence-electron chi connectivity index (χ1n) is 5.18. The van der Waals surface area contributed by atoms with Gasteiger partial charge in [0.05, 0.1) is 18.7 Å². The summed E-state index contributed by atoms with van der Waals surface area (Å²) in [5.74, 6) is -1.74. The van der Waals surface area contributed by atoms with Crippen LogP contribution in [0.3, 0.4) is 0 Å². The van der Waals surface area contributed by atoms with E-state index in [2.05, 4.69) is 4.98 Å². The van der Waals surface area contributed by atoms with Gasteiger partial charge in [-0.2, -0.15) is 0 Å². The van der Waals surface area contributed by atoms with Crippen LogP contribution in [0.25, 0.3) is 0 Å². The van der Waals surface area contributed by atoms with Gasteiger partial charge in [-0.25, -0.2) is 4.98 Å². The van der Waals surface area contributed by atoms with Crippen molar-refractivity contribution in [3.63, 3.8) is 0 Å². The standard InChI is InChI=1S/C10H12N2O4S/c13-9(14)3-8-11-6-4-12(5-10(15)16)2-1-7(6)17-8/h1-5H2,(H,13,14)(H,15,16). The first-order valence-corrected chi connectivity index (χ1v) is 5.99. The fourth-order valence-electron chi connectivity index (χ4n) is 1.84. The van der Waals surface area contributed by atoms with E-state index in [9.17, 15) is 9.59 Å². The topological polar surface area (TPSA) is 90.7 Å². The summed E-state index contributed by atoms with van der Waals surface area (Å²) >= 11 is 1.42. The number of carboxylic acid groups (broad SMARTS) is 2. The molecule has 2 rings (SSSR count). The van der Waals surface area contributed by atoms with Crippen LogP contribution in [0.1, 0.15) is 15.6 Å². The van der Waals surface area contributed by atoms with Crippen molar-refractivity contribution < 1.29 is 19.8 Å². The fourth-order valence-corrected chi connectivity index (χ4v) is 2.89. The lowest BCUT2D eigenvalue weighted by Crippen LogP contribution is -2.34. The number of nitrogens with zero attached hydrogens (tertiary/aromatic N) is 2. The van der Waals surface area contributed by atoms with Crippen LogP contribution in [0.5, 0.6) is 0 Å². The minimum absolute atomic E-state index is 0.00519. The minimum atomic E-state index is -0.890. The molecule has 2 heterocycles. The molecule has 0 atom stereocenters. The third kappa shape index (κ3) is 3.01. The lowest BCUT2D eigenvalue weighted by atomic mass is 10.2. The first kappa shape index (κ1) is 12.0. The highest BCUT2D eigenvalue weighted by Gasteiger charge is 2.22. The molecule has 0 saturated carbocycles. The highest BCUT2D eigenvalue weighted by Crippen LogP contribution is 2.25. The quantitative estimate of drug-likeness (QED) is 0.800. The van der Waals surface area contributed by atoms with Gasteiger partial charge < -0.3 is 10.2 Å². The molecule has 0 bridgehead atoms. The Morgan fingerprint density at radius 2 is 2.12 bits per heavy atom. The maximum absolute atomic E-state index is 10.6. The van der Waals surface area contributed by atoms with Gasteiger partial charge in [0.2, 0.25) is 0 Å². The Morgan fingerprint density at radius 3 is 2.76 bits per heavy atom. The highest BCUT2D eigenvalue weighted by atomic mass is 32.1. The molecule has 1 aromatic heterocycles. The molecule has 0 aromatic carbocycles. The molecule has 7 heteroatoms. The van der Waals surface area contributed by atoms with Crippen molar-refractivity contribution in [3.8, 4) is 0 Å². The Labute approximate surface area is 102 Å². The van der Waals surface area contributed by atoms with Crippen LogP contribution in [0.15, 0.2) is 0 Å². The molecule has 1 aromatic rings. The van der Waals surface area contributed by atoms with Crippen molar-refractivity contribution in [3.05, 3.63) is 15.6 Å². The van der Waals surface area contributed by atoms with Crippen LogP contribution in [0, 0.1) is 0 Å². The SMILES string of the molecule is O=C(O)Cc1nc2c(s1)CCN(CC(=O)O)C2. The smallest absolute Gasteiger partial charge is 0.317 e. The number of carboxylic acids is 2. The molecule has 1 aliphatic rings. The van der Waals surface area contributed by atoms with Crippen LogP contribution in [0.2, 0.25) is 0 Å². The monoisotopic (exact) mass is 256 g/mol. The number of aromatic nitrogens is 1. The van der Waals surface area contributed by atoms with E-state index in [1.54, 1.807) is 4.90 Å². The molecule has 0 unspecified atom stereocenters. The van der Waals surface area contributed by atoms with Crippen molar-refractivity contribution in [2.75, 3.05) is 13.1 Å². The van der Waals surface area contributed by atoms with E-state index < -0.39 is 11.9 Å². The summed E-state index contributed by atoms with van der Waals surface area (Å²) < 4.78 is 0. The van der Waals surface area contributed by atoms with Crippen molar-refractivity contribution >= 4 is 23.3 Å². The summed E-state index contributed by atoms with van der Waals surface area (Å²) in [5.41, 5.74) is 0.832. The summed E-state index contributed by atoms with van der Waals surface area (Å²) in [6, 6.07) is 0. The number of hydrogen-bond acceptors (Lipinski definition) is 5. The van der Waals surface area contributed by atoms with Crippen molar-refractivity contribution in [2.45, 2.75) is 19.4 Å². The van der Waals surface area contributed by atoms with E-state index in [-0.39, 0.29) is 13.0 Å². The van der Waals surface area contributed by atoms with Gasteiger partial charge in [-0.1, -0.05) is 0 Å². The number of thiazole rings is 1. The highest BCUT2D eigenvalue weighted by molar-refractivity contribution is 7.11. The minimum Gasteiger partial charge on any atom is -0.481 e. The molecule has 6 nitrogen and oxygen atoms in total. The summed E-state index contributed by atoms with van der Waals surface area (Å²) in [6.45, 7) is 1.19. The lowest BCUT2D eigenvalue weighted by Gasteiger charge is -2.23. The van der Waals surface area contributed by atoms with Crippen LogP contribution in [0.4, 0.5) is 0 Å². The van der Waals surface area contributed by atoms with Crippen LogP contribution in [-0.2, 0) is 29.0 Å². The predicted octanol–water partition coefficient (Wildman–Crippen LogP) is 0.213. The average Bonchev–Trinajstić information content (AvgIpc) is 2.56. The third-order valence-electron chi connectivity index (χ3n) is 2.51. The molecule has 0 amide bonds. The van der Waals surface area contributed by atoms with Crippen molar-refractivity contribution in [2.24, 2.45) is 0 Å². The average molecular weight is 256 g/mol. The van der Waals surface area contributed by atoms with Crippen LogP contribution < -0.4 is 0 Å². The van der Waals surface area contributed by atoms with E-state index in [4.69, 9.17) is 10.2 Å². The largest absolute Gasteiger partial charge is 0.481 e. The Morgan fingerprint density at radius 1 is 1.35 bits per heavy atom. The van der Waals surface area contributed by atoms with Crippen LogP contribution >= 0.6 is 11.3 Å². The Bertz CT molecular complexity index is 457. The molecule has 17 heavy (non-hydrogen) atoms. The zero-order valence-corrected chi connectivity index (χ0v) is 9.87. The van der Waals surface area contributed by atoms with E-state index in [0.29, 0.717) is 18.1 Å². The molecule has 0 saturated heterocycles.